The molecule has 7 nitrogen and oxygen atoms in total. The zero-order valence-electron chi connectivity index (χ0n) is 7.40. The second-order valence-electron chi connectivity index (χ2n) is 3.00. The molecular formula is C7H11N3O4. The molecule has 4 N–H and O–H groups in total. The number of hydrogen-bond donors (Lipinski definition) is 3. The zero-order chi connectivity index (χ0) is 10.7. The third kappa shape index (κ3) is 2.43. The molecule has 0 radical (unpaired) electrons. The molecule has 0 aliphatic carbocycles. The van der Waals surface area contributed by atoms with Crippen molar-refractivity contribution in [1.82, 2.24) is 10.2 Å². The van der Waals surface area contributed by atoms with E-state index in [1.165, 1.54) is 0 Å². The van der Waals surface area contributed by atoms with Crippen molar-refractivity contribution in [3.8, 4) is 0 Å². The molecule has 0 saturated carbocycles. The lowest BCUT2D eigenvalue weighted by molar-refractivity contribution is -0.144. The summed E-state index contributed by atoms with van der Waals surface area (Å²) in [4.78, 5) is 33.6. The summed E-state index contributed by atoms with van der Waals surface area (Å²) in [5, 5.41) is 10.8. The summed E-state index contributed by atoms with van der Waals surface area (Å²) >= 11 is 0. The van der Waals surface area contributed by atoms with Gasteiger partial charge in [-0.1, -0.05) is 0 Å². The maximum atomic E-state index is 11.2. The average molecular weight is 201 g/mol. The summed E-state index contributed by atoms with van der Waals surface area (Å²) in [7, 11) is 0. The van der Waals surface area contributed by atoms with Gasteiger partial charge in [-0.05, 0) is 0 Å². The number of nitrogens with one attached hydrogen (secondary N) is 1. The number of piperazine rings is 1. The number of amides is 2. The number of aliphatic carboxylic acids is 1. The highest BCUT2D eigenvalue weighted by Crippen LogP contribution is 1.96. The van der Waals surface area contributed by atoms with E-state index in [1.807, 2.05) is 0 Å². The van der Waals surface area contributed by atoms with Gasteiger partial charge < -0.3 is 21.1 Å². The van der Waals surface area contributed by atoms with E-state index in [9.17, 15) is 14.4 Å². The molecule has 1 atom stereocenters. The molecule has 1 aliphatic rings. The summed E-state index contributed by atoms with van der Waals surface area (Å²) in [5.41, 5.74) is 5.23. The van der Waals surface area contributed by atoms with Gasteiger partial charge in [0.05, 0.1) is 13.1 Å². The summed E-state index contributed by atoms with van der Waals surface area (Å²) in [6, 6.07) is -1.15. The van der Waals surface area contributed by atoms with Gasteiger partial charge in [0.25, 0.3) is 0 Å². The van der Waals surface area contributed by atoms with E-state index in [4.69, 9.17) is 10.8 Å². The Balaban J connectivity index is 2.53. The quantitative estimate of drug-likeness (QED) is 0.462. The van der Waals surface area contributed by atoms with Crippen molar-refractivity contribution in [3.05, 3.63) is 0 Å². The van der Waals surface area contributed by atoms with Crippen LogP contribution in [0.25, 0.3) is 0 Å². The van der Waals surface area contributed by atoms with Crippen LogP contribution in [0, 0.1) is 0 Å². The molecular weight excluding hydrogens is 190 g/mol. The predicted octanol–water partition coefficient (Wildman–Crippen LogP) is -2.64. The van der Waals surface area contributed by atoms with Gasteiger partial charge in [-0.3, -0.25) is 14.4 Å². The Labute approximate surface area is 79.9 Å². The maximum Gasteiger partial charge on any atom is 0.322 e. The van der Waals surface area contributed by atoms with E-state index in [2.05, 4.69) is 5.32 Å². The van der Waals surface area contributed by atoms with E-state index < -0.39 is 12.0 Å². The highest BCUT2D eigenvalue weighted by Gasteiger charge is 2.26. The number of hydrogen-bond acceptors (Lipinski definition) is 4. The van der Waals surface area contributed by atoms with Gasteiger partial charge in [0.2, 0.25) is 11.8 Å². The number of nitrogens with zero attached hydrogens (tertiary/aromatic N) is 1. The lowest BCUT2D eigenvalue weighted by atomic mass is 10.2. The number of carboxylic acid groups (broad SMARTS) is 1. The van der Waals surface area contributed by atoms with E-state index in [-0.39, 0.29) is 31.4 Å². The van der Waals surface area contributed by atoms with Crippen molar-refractivity contribution < 1.29 is 19.5 Å². The van der Waals surface area contributed by atoms with Crippen LogP contribution in [0.1, 0.15) is 0 Å². The molecule has 7 heteroatoms. The zero-order valence-corrected chi connectivity index (χ0v) is 7.40. The van der Waals surface area contributed by atoms with Crippen molar-refractivity contribution >= 4 is 17.8 Å². The summed E-state index contributed by atoms with van der Waals surface area (Å²) in [6.07, 6.45) is 0. The van der Waals surface area contributed by atoms with Crippen molar-refractivity contribution in [1.29, 1.82) is 0 Å². The monoisotopic (exact) mass is 201 g/mol. The molecule has 14 heavy (non-hydrogen) atoms. The fourth-order valence-electron chi connectivity index (χ4n) is 1.09. The fourth-order valence-corrected chi connectivity index (χ4v) is 1.09. The minimum absolute atomic E-state index is 0.0921. The van der Waals surface area contributed by atoms with Crippen molar-refractivity contribution in [2.24, 2.45) is 5.73 Å². The second kappa shape index (κ2) is 4.05. The van der Waals surface area contributed by atoms with Crippen LogP contribution < -0.4 is 11.1 Å². The van der Waals surface area contributed by atoms with E-state index in [1.54, 1.807) is 0 Å². The van der Waals surface area contributed by atoms with Crippen LogP contribution in [-0.2, 0) is 14.4 Å². The lowest BCUT2D eigenvalue weighted by Gasteiger charge is -2.27. The Morgan fingerprint density at radius 2 is 2.29 bits per heavy atom. The smallest absolute Gasteiger partial charge is 0.322 e. The molecule has 1 aliphatic heterocycles. The average Bonchev–Trinajstić information content (AvgIpc) is 2.11. The molecule has 0 aromatic rings. The normalized spacial score (nSPS) is 19.1. The third-order valence-corrected chi connectivity index (χ3v) is 1.86. The molecule has 1 saturated heterocycles. The molecule has 0 spiro atoms. The van der Waals surface area contributed by atoms with Crippen molar-refractivity contribution in [3.63, 3.8) is 0 Å². The molecule has 2 amide bonds. The first-order valence-corrected chi connectivity index (χ1v) is 4.03. The van der Waals surface area contributed by atoms with Crippen molar-refractivity contribution in [2.75, 3.05) is 19.6 Å². The molecule has 1 rings (SSSR count). The summed E-state index contributed by atoms with van der Waals surface area (Å²) in [6.45, 7) is -0.355. The molecule has 1 fully saturated rings. The highest BCUT2D eigenvalue weighted by molar-refractivity contribution is 5.92. The second-order valence-corrected chi connectivity index (χ2v) is 3.00. The minimum Gasteiger partial charge on any atom is -0.480 e. The lowest BCUT2D eigenvalue weighted by Crippen LogP contribution is -2.55. The standard InChI is InChI=1S/C7H11N3O4/c8-4(7(13)14)2-10-3-5(11)9-1-6(10)12/h4H,1-3,8H2,(H,9,11)(H,13,14). The van der Waals surface area contributed by atoms with Crippen LogP contribution in [0.5, 0.6) is 0 Å². The van der Waals surface area contributed by atoms with Gasteiger partial charge in [-0.25, -0.2) is 0 Å². The topological polar surface area (TPSA) is 113 Å². The summed E-state index contributed by atoms with van der Waals surface area (Å²) < 4.78 is 0. The number of carbonyl (C=O) groups is 3. The largest absolute Gasteiger partial charge is 0.480 e. The van der Waals surface area contributed by atoms with Crippen LogP contribution in [0.4, 0.5) is 0 Å². The van der Waals surface area contributed by atoms with Gasteiger partial charge in [0.15, 0.2) is 0 Å². The van der Waals surface area contributed by atoms with Gasteiger partial charge in [0.1, 0.15) is 6.04 Å². The number of carbonyl (C=O) groups excluding carboxylic acids is 2. The van der Waals surface area contributed by atoms with Gasteiger partial charge in [-0.15, -0.1) is 0 Å². The summed E-state index contributed by atoms with van der Waals surface area (Å²) in [5.74, 6) is -1.81. The van der Waals surface area contributed by atoms with Crippen molar-refractivity contribution in [2.45, 2.75) is 6.04 Å². The van der Waals surface area contributed by atoms with Crippen LogP contribution in [0.3, 0.4) is 0 Å². The Hall–Kier alpha value is -1.63. The Morgan fingerprint density at radius 3 is 2.86 bits per heavy atom. The van der Waals surface area contributed by atoms with Crippen LogP contribution in [-0.4, -0.2) is 53.5 Å². The molecule has 1 heterocycles. The maximum absolute atomic E-state index is 11.2. The predicted molar refractivity (Wildman–Crippen MR) is 45.2 cm³/mol. The van der Waals surface area contributed by atoms with E-state index >= 15 is 0 Å². The molecule has 78 valence electrons. The first kappa shape index (κ1) is 10.5. The van der Waals surface area contributed by atoms with Gasteiger partial charge >= 0.3 is 5.97 Å². The van der Waals surface area contributed by atoms with Gasteiger partial charge in [0, 0.05) is 6.54 Å². The first-order valence-electron chi connectivity index (χ1n) is 4.03. The van der Waals surface area contributed by atoms with Gasteiger partial charge in [-0.2, -0.15) is 0 Å². The van der Waals surface area contributed by atoms with Crippen LogP contribution in [0.2, 0.25) is 0 Å². The number of carboxylic acids is 1. The van der Waals surface area contributed by atoms with Crippen LogP contribution in [0.15, 0.2) is 0 Å². The minimum atomic E-state index is -1.19. The first-order chi connectivity index (χ1) is 6.50. The number of nitrogens with two attached hydrogens (primary N) is 1. The van der Waals surface area contributed by atoms with Crippen LogP contribution >= 0.6 is 0 Å². The van der Waals surface area contributed by atoms with E-state index in [0.717, 1.165) is 4.90 Å². The van der Waals surface area contributed by atoms with E-state index in [0.29, 0.717) is 0 Å². The molecule has 0 aromatic carbocycles. The SMILES string of the molecule is NC(CN1CC(=O)NCC1=O)C(=O)O. The fraction of sp³-hybridized carbons (Fsp3) is 0.571. The third-order valence-electron chi connectivity index (χ3n) is 1.86. The molecule has 1 unspecified atom stereocenters. The Morgan fingerprint density at radius 1 is 1.64 bits per heavy atom. The highest BCUT2D eigenvalue weighted by atomic mass is 16.4. The Kier molecular flexibility index (Phi) is 3.03. The molecule has 0 aromatic heterocycles. The number of rotatable bonds is 3. The Bertz CT molecular complexity index is 278. The molecule has 0 bridgehead atoms.